The van der Waals surface area contributed by atoms with Crippen molar-refractivity contribution < 1.29 is 4.74 Å². The maximum Gasteiger partial charge on any atom is 0.119 e. The van der Waals surface area contributed by atoms with Crippen LogP contribution in [0.2, 0.25) is 0 Å². The molecule has 0 unspecified atom stereocenters. The van der Waals surface area contributed by atoms with E-state index in [1.807, 2.05) is 12.4 Å². The van der Waals surface area contributed by atoms with Crippen molar-refractivity contribution in [2.75, 3.05) is 6.61 Å². The van der Waals surface area contributed by atoms with Crippen LogP contribution in [0.25, 0.3) is 66.6 Å². The molecule has 0 spiro atoms. The van der Waals surface area contributed by atoms with Crippen LogP contribution in [0, 0.1) is 13.8 Å². The van der Waals surface area contributed by atoms with Gasteiger partial charge in [0.2, 0.25) is 0 Å². The number of ether oxygens (including phenoxy) is 1. The van der Waals surface area contributed by atoms with Gasteiger partial charge in [0, 0.05) is 34.6 Å². The molecule has 1 aromatic carbocycles. The van der Waals surface area contributed by atoms with Gasteiger partial charge in [-0.25, -0.2) is 9.97 Å². The van der Waals surface area contributed by atoms with Gasteiger partial charge < -0.3 is 14.7 Å². The number of fused-ring (bicyclic) bond motifs is 8. The minimum atomic E-state index is 0.748. The Kier molecular flexibility index (Phi) is 12.3. The van der Waals surface area contributed by atoms with E-state index in [0.29, 0.717) is 0 Å². The van der Waals surface area contributed by atoms with E-state index in [0.717, 1.165) is 112 Å². The number of rotatable bonds is 14. The number of allylic oxidation sites excluding steroid dienone is 4. The summed E-state index contributed by atoms with van der Waals surface area (Å²) in [7, 11) is 0. The summed E-state index contributed by atoms with van der Waals surface area (Å²) in [6.07, 6.45) is 14.8. The summed E-state index contributed by atoms with van der Waals surface area (Å²) in [6, 6.07) is 17.5. The molecule has 6 nitrogen and oxygen atoms in total. The van der Waals surface area contributed by atoms with Crippen molar-refractivity contribution in [2.24, 2.45) is 0 Å². The fraction of sp³-hybridized carbons (Fsp3) is 0.392. The van der Waals surface area contributed by atoms with E-state index in [2.05, 4.69) is 126 Å². The lowest BCUT2D eigenvalue weighted by atomic mass is 9.95. The predicted octanol–water partition coefficient (Wildman–Crippen LogP) is 14.2. The first-order valence-electron chi connectivity index (χ1n) is 21.6. The minimum absolute atomic E-state index is 0.748. The van der Waals surface area contributed by atoms with Gasteiger partial charge in [-0.2, -0.15) is 0 Å². The van der Waals surface area contributed by atoms with Gasteiger partial charge in [-0.3, -0.25) is 4.98 Å². The normalized spacial score (nSPS) is 12.9. The molecular weight excluding hydrogens is 699 g/mol. The Morgan fingerprint density at radius 2 is 1.02 bits per heavy atom. The highest BCUT2D eigenvalue weighted by Crippen LogP contribution is 2.43. The highest BCUT2D eigenvalue weighted by atomic mass is 16.5. The fourth-order valence-electron chi connectivity index (χ4n) is 9.18. The van der Waals surface area contributed by atoms with Crippen LogP contribution in [0.1, 0.15) is 145 Å². The number of aromatic nitrogens is 5. The molecule has 296 valence electrons. The van der Waals surface area contributed by atoms with Crippen LogP contribution in [-0.2, 0) is 12.8 Å². The van der Waals surface area contributed by atoms with E-state index >= 15 is 0 Å². The third-order valence-electron chi connectivity index (χ3n) is 12.4. The third kappa shape index (κ3) is 7.63. The summed E-state index contributed by atoms with van der Waals surface area (Å²) in [5, 5.41) is 0. The van der Waals surface area contributed by atoms with Crippen LogP contribution < -0.4 is 4.74 Å². The fourth-order valence-corrected chi connectivity index (χ4v) is 9.18. The molecule has 6 heterocycles. The van der Waals surface area contributed by atoms with E-state index in [9.17, 15) is 0 Å². The van der Waals surface area contributed by atoms with Crippen molar-refractivity contribution in [3.63, 3.8) is 0 Å². The second kappa shape index (κ2) is 17.5. The standard InChI is InChI=1S/C51H61N5O/c1-10-15-16-17-18-19-28-57-37-22-20-35(21-23-37)46-48-31(6)38(11-2)42(53-48)29-44-40(13-4)33(8)50(55-44)47(36-24-26-52-27-25-36)51-34(9)41(14-5)45(56-51)30-43-39(12-3)32(7)49(46)54-43/h20-27,29-30,53,56H,10-19,28H2,1-9H3. The number of aromatic amines is 2. The molecule has 57 heavy (non-hydrogen) atoms. The molecule has 2 aliphatic heterocycles. The van der Waals surface area contributed by atoms with Crippen LogP contribution in [0.3, 0.4) is 0 Å². The van der Waals surface area contributed by atoms with Crippen molar-refractivity contribution >= 4 is 44.4 Å². The van der Waals surface area contributed by atoms with Crippen molar-refractivity contribution in [1.82, 2.24) is 24.9 Å². The molecule has 5 aromatic rings. The number of nitrogens with one attached hydrogen (secondary N) is 2. The Morgan fingerprint density at radius 1 is 0.544 bits per heavy atom. The first-order valence-corrected chi connectivity index (χ1v) is 21.6. The van der Waals surface area contributed by atoms with Crippen LogP contribution in [-0.4, -0.2) is 31.5 Å². The monoisotopic (exact) mass is 759 g/mol. The molecule has 0 radical (unpaired) electrons. The summed E-state index contributed by atoms with van der Waals surface area (Å²) in [5.74, 6) is 0.913. The molecule has 6 heteroatoms. The highest BCUT2D eigenvalue weighted by molar-refractivity contribution is 6.03. The van der Waals surface area contributed by atoms with Crippen LogP contribution in [0.15, 0.2) is 60.9 Å². The molecule has 8 bridgehead atoms. The van der Waals surface area contributed by atoms with Crippen molar-refractivity contribution in [2.45, 2.75) is 127 Å². The number of unbranched alkanes of at least 4 members (excludes halogenated alkanes) is 5. The van der Waals surface area contributed by atoms with Gasteiger partial charge in [-0.05, 0) is 152 Å². The summed E-state index contributed by atoms with van der Waals surface area (Å²) in [6.45, 7) is 21.0. The van der Waals surface area contributed by atoms with E-state index in [-0.39, 0.29) is 0 Å². The lowest BCUT2D eigenvalue weighted by Crippen LogP contribution is -1.97. The summed E-state index contributed by atoms with van der Waals surface area (Å²) >= 11 is 0. The smallest absolute Gasteiger partial charge is 0.119 e. The second-order valence-electron chi connectivity index (χ2n) is 15.8. The number of nitrogens with zero attached hydrogens (tertiary/aromatic N) is 3. The predicted molar refractivity (Wildman–Crippen MR) is 242 cm³/mol. The number of hydrogen-bond acceptors (Lipinski definition) is 4. The van der Waals surface area contributed by atoms with Gasteiger partial charge in [0.1, 0.15) is 5.75 Å². The molecule has 7 rings (SSSR count). The first-order chi connectivity index (χ1) is 27.7. The Labute approximate surface area is 340 Å². The average Bonchev–Trinajstić information content (AvgIpc) is 3.91. The van der Waals surface area contributed by atoms with Crippen molar-refractivity contribution in [1.29, 1.82) is 0 Å². The molecule has 0 aliphatic carbocycles. The van der Waals surface area contributed by atoms with Crippen LogP contribution >= 0.6 is 0 Å². The molecule has 0 saturated heterocycles. The Balaban J connectivity index is 1.54. The zero-order valence-corrected chi connectivity index (χ0v) is 35.8. The number of hydrogen-bond donors (Lipinski definition) is 2. The summed E-state index contributed by atoms with van der Waals surface area (Å²) in [5.41, 5.74) is 23.0. The summed E-state index contributed by atoms with van der Waals surface area (Å²) in [4.78, 5) is 23.4. The molecule has 0 atom stereocenters. The van der Waals surface area contributed by atoms with E-state index in [1.54, 1.807) is 0 Å². The SMILES string of the molecule is CCCCCCCCOc1ccc(-c2c3nc(cc4[nH]c(c(C)c4CC)c(-c4ccncc4)c4nc(cc5[nH]c2c(C)c5CC)C(CC)=C4C)C(CC)=C3C)cc1. The number of aryl methyl sites for hydroxylation is 4. The van der Waals surface area contributed by atoms with E-state index < -0.39 is 0 Å². The highest BCUT2D eigenvalue weighted by Gasteiger charge is 2.25. The molecule has 0 saturated carbocycles. The van der Waals surface area contributed by atoms with Gasteiger partial charge in [0.15, 0.2) is 0 Å². The number of pyridine rings is 1. The van der Waals surface area contributed by atoms with E-state index in [4.69, 9.17) is 14.7 Å². The Morgan fingerprint density at radius 3 is 1.49 bits per heavy atom. The second-order valence-corrected chi connectivity index (χ2v) is 15.8. The Hall–Kier alpha value is -5.23. The van der Waals surface area contributed by atoms with E-state index in [1.165, 1.54) is 76.7 Å². The maximum absolute atomic E-state index is 6.26. The minimum Gasteiger partial charge on any atom is -0.494 e. The lowest BCUT2D eigenvalue weighted by Gasteiger charge is -2.10. The van der Waals surface area contributed by atoms with Gasteiger partial charge in [0.25, 0.3) is 0 Å². The zero-order valence-electron chi connectivity index (χ0n) is 35.8. The van der Waals surface area contributed by atoms with Crippen molar-refractivity contribution in [3.8, 4) is 28.0 Å². The average molecular weight is 760 g/mol. The number of benzene rings is 1. The maximum atomic E-state index is 6.26. The summed E-state index contributed by atoms with van der Waals surface area (Å²) < 4.78 is 6.26. The lowest BCUT2D eigenvalue weighted by molar-refractivity contribution is 0.304. The van der Waals surface area contributed by atoms with Crippen molar-refractivity contribution in [3.05, 3.63) is 106 Å². The third-order valence-corrected chi connectivity index (χ3v) is 12.4. The molecule has 4 aromatic heterocycles. The molecule has 0 amide bonds. The molecule has 2 aliphatic rings. The van der Waals surface area contributed by atoms with Gasteiger partial charge >= 0.3 is 0 Å². The molecule has 2 N–H and O–H groups in total. The number of H-pyrrole nitrogens is 2. The van der Waals surface area contributed by atoms with Crippen LogP contribution in [0.5, 0.6) is 5.75 Å². The molecular formula is C51H61N5O. The zero-order chi connectivity index (χ0) is 40.2. The quantitative estimate of drug-likeness (QED) is 0.111. The topological polar surface area (TPSA) is 79.5 Å². The van der Waals surface area contributed by atoms with Gasteiger partial charge in [-0.1, -0.05) is 78.9 Å². The molecule has 0 fully saturated rings. The van der Waals surface area contributed by atoms with Gasteiger partial charge in [-0.15, -0.1) is 0 Å². The first kappa shape index (κ1) is 40.0. The van der Waals surface area contributed by atoms with Gasteiger partial charge in [0.05, 0.1) is 40.4 Å². The van der Waals surface area contributed by atoms with Crippen LogP contribution in [0.4, 0.5) is 0 Å². The largest absolute Gasteiger partial charge is 0.494 e. The Bertz CT molecular complexity index is 2500.